The molecule has 1 aliphatic heterocycles. The van der Waals surface area contributed by atoms with Crippen molar-refractivity contribution in [2.24, 2.45) is 5.92 Å². The highest BCUT2D eigenvalue weighted by Gasteiger charge is 2.25. The van der Waals surface area contributed by atoms with E-state index in [4.69, 9.17) is 9.47 Å². The SMILES string of the molecule is COCc1nc(C(=O)N2CCCN(C(=O)OCC(C)C)CC2)cs1. The molecule has 0 unspecified atom stereocenters. The number of ether oxygens (including phenoxy) is 2. The molecule has 134 valence electrons. The van der Waals surface area contributed by atoms with Crippen LogP contribution < -0.4 is 0 Å². The third-order valence-corrected chi connectivity index (χ3v) is 4.44. The van der Waals surface area contributed by atoms with Crippen molar-refractivity contribution in [3.05, 3.63) is 16.1 Å². The zero-order valence-corrected chi connectivity index (χ0v) is 15.3. The summed E-state index contributed by atoms with van der Waals surface area (Å²) >= 11 is 1.42. The Morgan fingerprint density at radius 2 is 1.96 bits per heavy atom. The van der Waals surface area contributed by atoms with Gasteiger partial charge in [0.25, 0.3) is 5.91 Å². The van der Waals surface area contributed by atoms with E-state index in [1.165, 1.54) is 11.3 Å². The molecule has 1 saturated heterocycles. The summed E-state index contributed by atoms with van der Waals surface area (Å²) < 4.78 is 10.3. The first-order valence-corrected chi connectivity index (χ1v) is 9.03. The molecule has 0 bridgehead atoms. The third kappa shape index (κ3) is 5.17. The Morgan fingerprint density at radius 1 is 1.25 bits per heavy atom. The van der Waals surface area contributed by atoms with Crippen LogP contribution in [-0.4, -0.2) is 66.7 Å². The van der Waals surface area contributed by atoms with Gasteiger partial charge in [-0.05, 0) is 12.3 Å². The summed E-state index contributed by atoms with van der Waals surface area (Å²) in [5.74, 6) is 0.218. The third-order valence-electron chi connectivity index (χ3n) is 3.62. The van der Waals surface area contributed by atoms with Crippen molar-refractivity contribution >= 4 is 23.3 Å². The van der Waals surface area contributed by atoms with Gasteiger partial charge in [-0.25, -0.2) is 9.78 Å². The first-order chi connectivity index (χ1) is 11.5. The normalized spacial score (nSPS) is 15.5. The largest absolute Gasteiger partial charge is 0.449 e. The quantitative estimate of drug-likeness (QED) is 0.810. The van der Waals surface area contributed by atoms with Crippen molar-refractivity contribution in [2.75, 3.05) is 39.9 Å². The van der Waals surface area contributed by atoms with Gasteiger partial charge < -0.3 is 19.3 Å². The maximum absolute atomic E-state index is 12.6. The van der Waals surface area contributed by atoms with Gasteiger partial charge in [-0.1, -0.05) is 13.8 Å². The molecular formula is C16H25N3O4S. The molecule has 0 spiro atoms. The van der Waals surface area contributed by atoms with Gasteiger partial charge in [-0.3, -0.25) is 4.79 Å². The van der Waals surface area contributed by atoms with Crippen LogP contribution in [0.5, 0.6) is 0 Å². The topological polar surface area (TPSA) is 72.0 Å². The molecule has 2 rings (SSSR count). The average Bonchev–Trinajstić information content (AvgIpc) is 2.88. The van der Waals surface area contributed by atoms with Crippen molar-refractivity contribution in [1.82, 2.24) is 14.8 Å². The number of thiazole rings is 1. The molecule has 8 heteroatoms. The van der Waals surface area contributed by atoms with E-state index in [0.717, 1.165) is 11.4 Å². The van der Waals surface area contributed by atoms with E-state index < -0.39 is 0 Å². The summed E-state index contributed by atoms with van der Waals surface area (Å²) in [5.41, 5.74) is 0.447. The predicted octanol–water partition coefficient (Wildman–Crippen LogP) is 2.23. The number of methoxy groups -OCH3 is 1. The molecule has 0 N–H and O–H groups in total. The number of hydrogen-bond donors (Lipinski definition) is 0. The second-order valence-corrected chi connectivity index (χ2v) is 7.11. The summed E-state index contributed by atoms with van der Waals surface area (Å²) in [6, 6.07) is 0. The molecular weight excluding hydrogens is 330 g/mol. The minimum atomic E-state index is -0.297. The van der Waals surface area contributed by atoms with E-state index in [2.05, 4.69) is 4.98 Å². The van der Waals surface area contributed by atoms with Gasteiger partial charge >= 0.3 is 6.09 Å². The molecule has 2 amide bonds. The van der Waals surface area contributed by atoms with E-state index in [1.807, 2.05) is 13.8 Å². The maximum Gasteiger partial charge on any atom is 0.409 e. The number of carbonyl (C=O) groups is 2. The van der Waals surface area contributed by atoms with Crippen LogP contribution in [0.25, 0.3) is 0 Å². The van der Waals surface area contributed by atoms with Crippen LogP contribution in [0.2, 0.25) is 0 Å². The zero-order valence-electron chi connectivity index (χ0n) is 14.5. The standard InChI is InChI=1S/C16H25N3O4S/c1-12(2)9-23-16(21)19-6-4-5-18(7-8-19)15(20)13-11-24-14(17-13)10-22-3/h11-12H,4-10H2,1-3H3. The molecule has 1 aromatic heterocycles. The van der Waals surface area contributed by atoms with Crippen LogP contribution in [0.3, 0.4) is 0 Å². The fourth-order valence-corrected chi connectivity index (χ4v) is 3.13. The van der Waals surface area contributed by atoms with Crippen molar-refractivity contribution in [3.8, 4) is 0 Å². The molecule has 2 heterocycles. The fourth-order valence-electron chi connectivity index (χ4n) is 2.39. The highest BCUT2D eigenvalue weighted by Crippen LogP contribution is 2.14. The van der Waals surface area contributed by atoms with Gasteiger partial charge in [0.1, 0.15) is 10.7 Å². The van der Waals surface area contributed by atoms with Crippen LogP contribution >= 0.6 is 11.3 Å². The monoisotopic (exact) mass is 355 g/mol. The van der Waals surface area contributed by atoms with E-state index in [9.17, 15) is 9.59 Å². The smallest absolute Gasteiger partial charge is 0.409 e. The number of amides is 2. The Bertz CT molecular complexity index is 561. The summed E-state index contributed by atoms with van der Waals surface area (Å²) in [6.45, 7) is 7.03. The minimum Gasteiger partial charge on any atom is -0.449 e. The highest BCUT2D eigenvalue weighted by molar-refractivity contribution is 7.09. The van der Waals surface area contributed by atoms with Crippen LogP contribution in [0, 0.1) is 5.92 Å². The molecule has 1 fully saturated rings. The molecule has 7 nitrogen and oxygen atoms in total. The molecule has 0 aliphatic carbocycles. The lowest BCUT2D eigenvalue weighted by Crippen LogP contribution is -2.38. The first kappa shape index (κ1) is 18.7. The van der Waals surface area contributed by atoms with Gasteiger partial charge in [0.05, 0.1) is 13.2 Å². The van der Waals surface area contributed by atoms with Crippen LogP contribution in [-0.2, 0) is 16.1 Å². The average molecular weight is 355 g/mol. The Kier molecular flexibility index (Phi) is 6.99. The lowest BCUT2D eigenvalue weighted by molar-refractivity contribution is 0.0741. The zero-order chi connectivity index (χ0) is 17.5. The van der Waals surface area contributed by atoms with Crippen molar-refractivity contribution < 1.29 is 19.1 Å². The maximum atomic E-state index is 12.6. The number of nitrogens with zero attached hydrogens (tertiary/aromatic N) is 3. The Labute approximate surface area is 146 Å². The molecule has 0 radical (unpaired) electrons. The summed E-state index contributed by atoms with van der Waals surface area (Å²) in [5, 5.41) is 2.55. The van der Waals surface area contributed by atoms with Gasteiger partial charge in [0.15, 0.2) is 0 Å². The van der Waals surface area contributed by atoms with Crippen LogP contribution in [0.1, 0.15) is 35.8 Å². The number of carbonyl (C=O) groups excluding carboxylic acids is 2. The van der Waals surface area contributed by atoms with Crippen LogP contribution in [0.15, 0.2) is 5.38 Å². The summed E-state index contributed by atoms with van der Waals surface area (Å²) in [6.07, 6.45) is 0.437. The highest BCUT2D eigenvalue weighted by atomic mass is 32.1. The Morgan fingerprint density at radius 3 is 2.67 bits per heavy atom. The second-order valence-electron chi connectivity index (χ2n) is 6.16. The van der Waals surface area contributed by atoms with Crippen LogP contribution in [0.4, 0.5) is 4.79 Å². The van der Waals surface area contributed by atoms with E-state index in [1.54, 1.807) is 22.3 Å². The minimum absolute atomic E-state index is 0.0917. The van der Waals surface area contributed by atoms with Gasteiger partial charge in [-0.15, -0.1) is 11.3 Å². The molecule has 1 aromatic rings. The predicted molar refractivity (Wildman–Crippen MR) is 91.1 cm³/mol. The van der Waals surface area contributed by atoms with E-state index >= 15 is 0 Å². The summed E-state index contributed by atoms with van der Waals surface area (Å²) in [7, 11) is 1.60. The number of hydrogen-bond acceptors (Lipinski definition) is 6. The molecule has 0 saturated carbocycles. The molecule has 0 aromatic carbocycles. The van der Waals surface area contributed by atoms with Crippen molar-refractivity contribution in [3.63, 3.8) is 0 Å². The number of aromatic nitrogens is 1. The van der Waals surface area contributed by atoms with Crippen molar-refractivity contribution in [2.45, 2.75) is 26.9 Å². The van der Waals surface area contributed by atoms with E-state index in [0.29, 0.717) is 51.0 Å². The molecule has 0 atom stereocenters. The lowest BCUT2D eigenvalue weighted by Gasteiger charge is -2.21. The Balaban J connectivity index is 1.89. The lowest BCUT2D eigenvalue weighted by atomic mass is 10.2. The van der Waals surface area contributed by atoms with Gasteiger partial charge in [0.2, 0.25) is 0 Å². The van der Waals surface area contributed by atoms with Gasteiger partial charge in [-0.2, -0.15) is 0 Å². The molecule has 24 heavy (non-hydrogen) atoms. The molecule has 1 aliphatic rings. The number of rotatable bonds is 5. The second kappa shape index (κ2) is 8.98. The first-order valence-electron chi connectivity index (χ1n) is 8.15. The van der Waals surface area contributed by atoms with E-state index in [-0.39, 0.29) is 12.0 Å². The summed E-state index contributed by atoms with van der Waals surface area (Å²) in [4.78, 5) is 32.3. The van der Waals surface area contributed by atoms with Gasteiger partial charge in [0, 0.05) is 38.7 Å². The Hall–Kier alpha value is -1.67. The fraction of sp³-hybridized carbons (Fsp3) is 0.688. The van der Waals surface area contributed by atoms with Crippen molar-refractivity contribution in [1.29, 1.82) is 0 Å².